The largest absolute Gasteiger partial charge is 0.497 e. The lowest BCUT2D eigenvalue weighted by Gasteiger charge is -2.25. The van der Waals surface area contributed by atoms with Crippen LogP contribution in [0.25, 0.3) is 0 Å². The van der Waals surface area contributed by atoms with Gasteiger partial charge < -0.3 is 9.84 Å². The maximum absolute atomic E-state index is 11.8. The van der Waals surface area contributed by atoms with Crippen molar-refractivity contribution in [1.29, 1.82) is 0 Å². The Morgan fingerprint density at radius 2 is 1.86 bits per heavy atom. The van der Waals surface area contributed by atoms with Crippen molar-refractivity contribution in [2.75, 3.05) is 7.11 Å². The molecule has 3 rings (SSSR count). The number of aliphatic carboxylic acids is 1. The molecule has 1 aliphatic rings. The number of benzene rings is 2. The van der Waals surface area contributed by atoms with Gasteiger partial charge in [-0.05, 0) is 30.2 Å². The molecule has 2 unspecified atom stereocenters. The monoisotopic (exact) mass is 413 g/mol. The second-order valence-corrected chi connectivity index (χ2v) is 7.35. The number of nitro benzene ring substituents is 1. The van der Waals surface area contributed by atoms with Gasteiger partial charge in [0.25, 0.3) is 5.69 Å². The third-order valence-electron chi connectivity index (χ3n) is 4.53. The van der Waals surface area contributed by atoms with Crippen LogP contribution in [0, 0.1) is 16.0 Å². The van der Waals surface area contributed by atoms with E-state index in [0.29, 0.717) is 22.2 Å². The molecular formula is C20H19N3O5S. The van der Waals surface area contributed by atoms with E-state index in [2.05, 4.69) is 9.98 Å². The summed E-state index contributed by atoms with van der Waals surface area (Å²) in [5, 5.41) is 21.0. The molecule has 2 aromatic rings. The molecule has 1 heterocycles. The highest BCUT2D eigenvalue weighted by Crippen LogP contribution is 2.34. The molecule has 0 aromatic heterocycles. The van der Waals surface area contributed by atoms with Crippen LogP contribution in [0.1, 0.15) is 24.1 Å². The summed E-state index contributed by atoms with van der Waals surface area (Å²) in [7, 11) is 1.61. The molecule has 9 heteroatoms. The molecule has 0 radical (unpaired) electrons. The minimum absolute atomic E-state index is 0.0556. The van der Waals surface area contributed by atoms with Crippen molar-refractivity contribution in [3.8, 4) is 5.75 Å². The van der Waals surface area contributed by atoms with Gasteiger partial charge in [0.05, 0.1) is 18.1 Å². The van der Waals surface area contributed by atoms with Gasteiger partial charge in [0.15, 0.2) is 5.17 Å². The van der Waals surface area contributed by atoms with Crippen molar-refractivity contribution in [2.24, 2.45) is 15.9 Å². The van der Waals surface area contributed by atoms with E-state index in [4.69, 9.17) is 4.74 Å². The lowest BCUT2D eigenvalue weighted by atomic mass is 9.89. The standard InChI is InChI=1S/C20H19N3O5S/c1-12-17(19(24)25)18(14-5-7-15(8-6-14)23(26)27)22-20(21-12)29-11-13-3-9-16(28-2)10-4-13/h3-10,17-18H,11H2,1-2H3,(H,24,25). The van der Waals surface area contributed by atoms with Gasteiger partial charge in [-0.25, -0.2) is 4.99 Å². The third kappa shape index (κ3) is 4.80. The Kier molecular flexibility index (Phi) is 6.28. The van der Waals surface area contributed by atoms with Gasteiger partial charge in [0, 0.05) is 23.6 Å². The number of carboxylic acids is 1. The van der Waals surface area contributed by atoms with E-state index >= 15 is 0 Å². The molecule has 0 saturated heterocycles. The molecule has 1 N–H and O–H groups in total. The maximum atomic E-state index is 11.8. The van der Waals surface area contributed by atoms with E-state index in [9.17, 15) is 20.0 Å². The lowest BCUT2D eigenvalue weighted by molar-refractivity contribution is -0.384. The highest BCUT2D eigenvalue weighted by Gasteiger charge is 2.35. The molecule has 0 fully saturated rings. The normalized spacial score (nSPS) is 18.6. The summed E-state index contributed by atoms with van der Waals surface area (Å²) in [5.74, 6) is -0.561. The Hall–Kier alpha value is -3.20. The summed E-state index contributed by atoms with van der Waals surface area (Å²) in [6.07, 6.45) is 0. The molecule has 150 valence electrons. The van der Waals surface area contributed by atoms with Crippen molar-refractivity contribution in [3.05, 3.63) is 69.8 Å². The van der Waals surface area contributed by atoms with Crippen molar-refractivity contribution in [2.45, 2.75) is 18.7 Å². The number of carbonyl (C=O) groups is 1. The number of rotatable bonds is 6. The van der Waals surface area contributed by atoms with Crippen LogP contribution in [0.2, 0.25) is 0 Å². The van der Waals surface area contributed by atoms with Gasteiger partial charge >= 0.3 is 5.97 Å². The number of non-ortho nitro benzene ring substituents is 1. The fraction of sp³-hybridized carbons (Fsp3) is 0.250. The first-order valence-electron chi connectivity index (χ1n) is 8.75. The topological polar surface area (TPSA) is 114 Å². The number of hydrogen-bond donors (Lipinski definition) is 1. The van der Waals surface area contributed by atoms with Gasteiger partial charge in [0.1, 0.15) is 11.7 Å². The number of carboxylic acid groups (broad SMARTS) is 1. The van der Waals surface area contributed by atoms with Gasteiger partial charge in [0.2, 0.25) is 0 Å². The Bertz CT molecular complexity index is 971. The number of amidine groups is 1. The first-order valence-corrected chi connectivity index (χ1v) is 9.73. The Morgan fingerprint density at radius 3 is 2.41 bits per heavy atom. The predicted molar refractivity (Wildman–Crippen MR) is 112 cm³/mol. The van der Waals surface area contributed by atoms with E-state index < -0.39 is 22.9 Å². The van der Waals surface area contributed by atoms with Gasteiger partial charge in [-0.15, -0.1) is 0 Å². The number of aliphatic imine (C=N–C) groups is 2. The summed E-state index contributed by atoms with van der Waals surface area (Å²) in [4.78, 5) is 31.1. The minimum atomic E-state index is -1.03. The van der Waals surface area contributed by atoms with Crippen molar-refractivity contribution < 1.29 is 19.6 Å². The van der Waals surface area contributed by atoms with Crippen LogP contribution in [-0.4, -0.2) is 34.0 Å². The average Bonchev–Trinajstić information content (AvgIpc) is 2.72. The molecule has 8 nitrogen and oxygen atoms in total. The number of hydrogen-bond acceptors (Lipinski definition) is 7. The molecule has 1 aliphatic heterocycles. The molecule has 0 spiro atoms. The Morgan fingerprint density at radius 1 is 1.21 bits per heavy atom. The van der Waals surface area contributed by atoms with Gasteiger partial charge in [-0.2, -0.15) is 0 Å². The van der Waals surface area contributed by atoms with E-state index in [1.807, 2.05) is 24.3 Å². The molecule has 0 saturated carbocycles. The summed E-state index contributed by atoms with van der Waals surface area (Å²) in [6.45, 7) is 1.67. The number of nitrogens with zero attached hydrogens (tertiary/aromatic N) is 3. The van der Waals surface area contributed by atoms with E-state index in [1.54, 1.807) is 26.2 Å². The van der Waals surface area contributed by atoms with Crippen LogP contribution in [0.5, 0.6) is 5.75 Å². The van der Waals surface area contributed by atoms with E-state index in [-0.39, 0.29) is 5.69 Å². The SMILES string of the molecule is COc1ccc(CSC2=NC(c3ccc([N+](=O)[O-])cc3)C(C(=O)O)C(C)=N2)cc1. The zero-order chi connectivity index (χ0) is 21.0. The summed E-state index contributed by atoms with van der Waals surface area (Å²) in [6, 6.07) is 12.7. The second-order valence-electron chi connectivity index (χ2n) is 6.41. The van der Waals surface area contributed by atoms with Crippen LogP contribution in [0.15, 0.2) is 58.5 Å². The minimum Gasteiger partial charge on any atom is -0.497 e. The fourth-order valence-electron chi connectivity index (χ4n) is 2.98. The Labute approximate surface area is 171 Å². The first-order chi connectivity index (χ1) is 13.9. The van der Waals surface area contributed by atoms with Crippen molar-refractivity contribution >= 4 is 34.3 Å². The zero-order valence-corrected chi connectivity index (χ0v) is 16.6. The number of ether oxygens (including phenoxy) is 1. The summed E-state index contributed by atoms with van der Waals surface area (Å²) < 4.78 is 5.15. The second kappa shape index (κ2) is 8.87. The molecule has 2 aromatic carbocycles. The lowest BCUT2D eigenvalue weighted by Crippen LogP contribution is -2.31. The third-order valence-corrected chi connectivity index (χ3v) is 5.46. The zero-order valence-electron chi connectivity index (χ0n) is 15.8. The molecule has 0 amide bonds. The summed E-state index contributed by atoms with van der Waals surface area (Å²) in [5.41, 5.74) is 2.05. The molecule has 2 atom stereocenters. The van der Waals surface area contributed by atoms with E-state index in [1.165, 1.54) is 23.9 Å². The molecule has 0 aliphatic carbocycles. The number of nitro groups is 1. The maximum Gasteiger partial charge on any atom is 0.314 e. The fourth-order valence-corrected chi connectivity index (χ4v) is 3.87. The van der Waals surface area contributed by atoms with Crippen LogP contribution < -0.4 is 4.74 Å². The van der Waals surface area contributed by atoms with Crippen molar-refractivity contribution in [1.82, 2.24) is 0 Å². The van der Waals surface area contributed by atoms with Crippen LogP contribution in [-0.2, 0) is 10.5 Å². The molecular weight excluding hydrogens is 394 g/mol. The summed E-state index contributed by atoms with van der Waals surface area (Å²) >= 11 is 1.41. The van der Waals surface area contributed by atoms with Crippen molar-refractivity contribution in [3.63, 3.8) is 0 Å². The highest BCUT2D eigenvalue weighted by atomic mass is 32.2. The first kappa shape index (κ1) is 20.5. The van der Waals surface area contributed by atoms with Gasteiger partial charge in [-0.3, -0.25) is 19.9 Å². The van der Waals surface area contributed by atoms with Crippen LogP contribution >= 0.6 is 11.8 Å². The number of methoxy groups -OCH3 is 1. The van der Waals surface area contributed by atoms with E-state index in [0.717, 1.165) is 11.3 Å². The predicted octanol–water partition coefficient (Wildman–Crippen LogP) is 4.11. The quantitative estimate of drug-likeness (QED) is 0.563. The smallest absolute Gasteiger partial charge is 0.314 e. The van der Waals surface area contributed by atoms with Crippen LogP contribution in [0.3, 0.4) is 0 Å². The number of thioether (sulfide) groups is 1. The Balaban J connectivity index is 1.83. The average molecular weight is 413 g/mol. The molecule has 29 heavy (non-hydrogen) atoms. The molecule has 0 bridgehead atoms. The van der Waals surface area contributed by atoms with Gasteiger partial charge in [-0.1, -0.05) is 36.0 Å². The highest BCUT2D eigenvalue weighted by molar-refractivity contribution is 8.13. The van der Waals surface area contributed by atoms with Crippen LogP contribution in [0.4, 0.5) is 5.69 Å².